The Morgan fingerprint density at radius 1 is 1.50 bits per heavy atom. The van der Waals surface area contributed by atoms with Crippen molar-refractivity contribution >= 4 is 0 Å². The minimum Gasteiger partial charge on any atom is -0.336 e. The number of aromatic nitrogens is 2. The quantitative estimate of drug-likeness (QED) is 0.828. The van der Waals surface area contributed by atoms with Crippen molar-refractivity contribution in [1.29, 1.82) is 0 Å². The van der Waals surface area contributed by atoms with Gasteiger partial charge in [0.1, 0.15) is 0 Å². The van der Waals surface area contributed by atoms with Gasteiger partial charge in [0.15, 0.2) is 0 Å². The number of imidazole rings is 1. The van der Waals surface area contributed by atoms with Crippen molar-refractivity contribution in [3.8, 4) is 0 Å². The van der Waals surface area contributed by atoms with Gasteiger partial charge in [-0.2, -0.15) is 0 Å². The molecule has 1 aliphatic rings. The highest BCUT2D eigenvalue weighted by Gasteiger charge is 2.22. The average Bonchev–Trinajstić information content (AvgIpc) is 2.88. The Hall–Kier alpha value is -0.830. The normalized spacial score (nSPS) is 19.1. The fraction of sp³-hybridized carbons (Fsp3) is 0.769. The predicted molar refractivity (Wildman–Crippen MR) is 66.2 cm³/mol. The summed E-state index contributed by atoms with van der Waals surface area (Å²) in [5.74, 6) is 0.916. The molecule has 90 valence electrons. The molecule has 1 aliphatic carbocycles. The molecule has 1 aromatic rings. The minimum absolute atomic E-state index is 0.487. The van der Waals surface area contributed by atoms with Gasteiger partial charge in [-0.15, -0.1) is 0 Å². The Kier molecular flexibility index (Phi) is 3.99. The summed E-state index contributed by atoms with van der Waals surface area (Å²) in [7, 11) is 2.08. The third-order valence-corrected chi connectivity index (χ3v) is 3.71. The summed E-state index contributed by atoms with van der Waals surface area (Å²) in [6.45, 7) is 3.21. The van der Waals surface area contributed by atoms with E-state index in [0.29, 0.717) is 6.04 Å². The monoisotopic (exact) mass is 221 g/mol. The van der Waals surface area contributed by atoms with Crippen LogP contribution in [-0.4, -0.2) is 16.1 Å². The van der Waals surface area contributed by atoms with Crippen molar-refractivity contribution in [2.24, 2.45) is 13.0 Å². The lowest BCUT2D eigenvalue weighted by atomic mass is 9.96. The summed E-state index contributed by atoms with van der Waals surface area (Å²) in [6, 6.07) is 0.487. The predicted octanol–water partition coefficient (Wildman–Crippen LogP) is 2.65. The largest absolute Gasteiger partial charge is 0.336 e. The summed E-state index contributed by atoms with van der Waals surface area (Å²) in [4.78, 5) is 4.22. The van der Waals surface area contributed by atoms with Gasteiger partial charge in [0.2, 0.25) is 0 Å². The van der Waals surface area contributed by atoms with Gasteiger partial charge < -0.3 is 9.88 Å². The molecule has 2 rings (SSSR count). The molecule has 1 aromatic heterocycles. The van der Waals surface area contributed by atoms with Crippen molar-refractivity contribution in [1.82, 2.24) is 14.9 Å². The van der Waals surface area contributed by atoms with Gasteiger partial charge in [-0.3, -0.25) is 0 Å². The van der Waals surface area contributed by atoms with Crippen molar-refractivity contribution in [3.05, 3.63) is 18.2 Å². The van der Waals surface area contributed by atoms with E-state index in [-0.39, 0.29) is 0 Å². The van der Waals surface area contributed by atoms with Crippen LogP contribution in [0.25, 0.3) is 0 Å². The Balaban J connectivity index is 2.01. The molecule has 0 saturated heterocycles. The maximum Gasteiger partial charge on any atom is 0.0946 e. The van der Waals surface area contributed by atoms with Crippen LogP contribution < -0.4 is 5.32 Å². The maximum atomic E-state index is 4.22. The lowest BCUT2D eigenvalue weighted by Crippen LogP contribution is -2.24. The second-order valence-electron chi connectivity index (χ2n) is 4.93. The van der Waals surface area contributed by atoms with Crippen LogP contribution in [0.2, 0.25) is 0 Å². The molecule has 3 nitrogen and oxygen atoms in total. The zero-order valence-electron chi connectivity index (χ0n) is 10.4. The SMILES string of the molecule is CCNC(CC1CCCC1)c1cncn1C. The van der Waals surface area contributed by atoms with E-state index in [4.69, 9.17) is 0 Å². The number of nitrogens with one attached hydrogen (secondary N) is 1. The molecule has 1 atom stereocenters. The average molecular weight is 221 g/mol. The van der Waals surface area contributed by atoms with Crippen molar-refractivity contribution in [3.63, 3.8) is 0 Å². The highest BCUT2D eigenvalue weighted by molar-refractivity contribution is 5.05. The zero-order chi connectivity index (χ0) is 11.4. The highest BCUT2D eigenvalue weighted by atomic mass is 15.1. The summed E-state index contributed by atoms with van der Waals surface area (Å²) in [5.41, 5.74) is 1.33. The van der Waals surface area contributed by atoms with Crippen LogP contribution >= 0.6 is 0 Å². The molecule has 1 unspecified atom stereocenters. The van der Waals surface area contributed by atoms with Gasteiger partial charge >= 0.3 is 0 Å². The molecule has 1 fully saturated rings. The molecular formula is C13H23N3. The first kappa shape index (κ1) is 11.6. The van der Waals surface area contributed by atoms with Crippen LogP contribution in [0.15, 0.2) is 12.5 Å². The topological polar surface area (TPSA) is 29.9 Å². The van der Waals surface area contributed by atoms with E-state index >= 15 is 0 Å². The van der Waals surface area contributed by atoms with E-state index in [9.17, 15) is 0 Å². The summed E-state index contributed by atoms with van der Waals surface area (Å²) in [6.07, 6.45) is 10.9. The van der Waals surface area contributed by atoms with Gasteiger partial charge in [-0.05, 0) is 18.9 Å². The van der Waals surface area contributed by atoms with E-state index in [1.165, 1.54) is 37.8 Å². The van der Waals surface area contributed by atoms with Gasteiger partial charge in [-0.1, -0.05) is 32.6 Å². The second kappa shape index (κ2) is 5.48. The van der Waals surface area contributed by atoms with E-state index in [1.54, 1.807) is 0 Å². The Labute approximate surface area is 98.3 Å². The molecule has 1 N–H and O–H groups in total. The molecule has 16 heavy (non-hydrogen) atoms. The first-order valence-corrected chi connectivity index (χ1v) is 6.51. The standard InChI is InChI=1S/C13H23N3/c1-3-15-12(8-11-6-4-5-7-11)13-9-14-10-16(13)2/h9-12,15H,3-8H2,1-2H3. The molecule has 0 amide bonds. The molecule has 0 spiro atoms. The first-order chi connectivity index (χ1) is 7.81. The molecular weight excluding hydrogens is 198 g/mol. The van der Waals surface area contributed by atoms with Crippen molar-refractivity contribution in [2.75, 3.05) is 6.54 Å². The highest BCUT2D eigenvalue weighted by Crippen LogP contribution is 2.32. The van der Waals surface area contributed by atoms with E-state index in [2.05, 4.69) is 28.8 Å². The Morgan fingerprint density at radius 2 is 2.25 bits per heavy atom. The van der Waals surface area contributed by atoms with Gasteiger partial charge in [0, 0.05) is 19.3 Å². The number of nitrogens with zero attached hydrogens (tertiary/aromatic N) is 2. The molecule has 0 bridgehead atoms. The molecule has 0 radical (unpaired) electrons. The minimum atomic E-state index is 0.487. The van der Waals surface area contributed by atoms with Crippen molar-refractivity contribution < 1.29 is 0 Å². The maximum absolute atomic E-state index is 4.22. The van der Waals surface area contributed by atoms with E-state index < -0.39 is 0 Å². The summed E-state index contributed by atoms with van der Waals surface area (Å²) < 4.78 is 2.14. The Bertz CT molecular complexity index is 313. The number of rotatable bonds is 5. The Morgan fingerprint density at radius 3 is 2.81 bits per heavy atom. The third-order valence-electron chi connectivity index (χ3n) is 3.71. The smallest absolute Gasteiger partial charge is 0.0946 e. The molecule has 3 heteroatoms. The van der Waals surface area contributed by atoms with Crippen LogP contribution in [-0.2, 0) is 7.05 Å². The van der Waals surface area contributed by atoms with Gasteiger partial charge in [0.05, 0.1) is 12.0 Å². The summed E-state index contributed by atoms with van der Waals surface area (Å²) in [5, 5.41) is 3.59. The van der Waals surface area contributed by atoms with Gasteiger partial charge in [-0.25, -0.2) is 4.98 Å². The van der Waals surface area contributed by atoms with Crippen LogP contribution in [0.3, 0.4) is 0 Å². The molecule has 0 aliphatic heterocycles. The number of aryl methyl sites for hydroxylation is 1. The molecule has 1 saturated carbocycles. The lowest BCUT2D eigenvalue weighted by Gasteiger charge is -2.21. The fourth-order valence-corrected chi connectivity index (χ4v) is 2.84. The van der Waals surface area contributed by atoms with Crippen molar-refractivity contribution in [2.45, 2.75) is 45.1 Å². The zero-order valence-corrected chi connectivity index (χ0v) is 10.4. The molecule has 1 heterocycles. The third kappa shape index (κ3) is 2.64. The van der Waals surface area contributed by atoms with E-state index in [0.717, 1.165) is 12.5 Å². The van der Waals surface area contributed by atoms with Gasteiger partial charge in [0.25, 0.3) is 0 Å². The lowest BCUT2D eigenvalue weighted by molar-refractivity contribution is 0.389. The van der Waals surface area contributed by atoms with Crippen LogP contribution in [0, 0.1) is 5.92 Å². The van der Waals surface area contributed by atoms with E-state index in [1.807, 2.05) is 12.5 Å². The fourth-order valence-electron chi connectivity index (χ4n) is 2.84. The van der Waals surface area contributed by atoms with Crippen LogP contribution in [0.5, 0.6) is 0 Å². The number of hydrogen-bond donors (Lipinski definition) is 1. The number of hydrogen-bond acceptors (Lipinski definition) is 2. The van der Waals surface area contributed by atoms with Crippen LogP contribution in [0.1, 0.15) is 50.8 Å². The molecule has 0 aromatic carbocycles. The van der Waals surface area contributed by atoms with Crippen LogP contribution in [0.4, 0.5) is 0 Å². The second-order valence-corrected chi connectivity index (χ2v) is 4.93. The first-order valence-electron chi connectivity index (χ1n) is 6.51. The summed E-state index contributed by atoms with van der Waals surface area (Å²) >= 11 is 0.